The molecule has 0 amide bonds. The number of piperazine rings is 1. The van der Waals surface area contributed by atoms with Crippen LogP contribution in [-0.2, 0) is 0 Å². The molecule has 0 saturated carbocycles. The summed E-state index contributed by atoms with van der Waals surface area (Å²) in [6.07, 6.45) is 0. The summed E-state index contributed by atoms with van der Waals surface area (Å²) in [6.45, 7) is 2.65. The van der Waals surface area contributed by atoms with Crippen molar-refractivity contribution in [3.63, 3.8) is 0 Å². The largest absolute Gasteiger partial charge is 0.362 e. The van der Waals surface area contributed by atoms with Gasteiger partial charge in [-0.15, -0.1) is 0 Å². The Morgan fingerprint density at radius 2 is 1.80 bits per heavy atom. The lowest BCUT2D eigenvalue weighted by molar-refractivity contribution is -0.199. The van der Waals surface area contributed by atoms with Gasteiger partial charge >= 0.3 is 0 Å². The van der Waals surface area contributed by atoms with Crippen LogP contribution in [0.25, 0.3) is 0 Å². The monoisotopic (exact) mass is 142 g/mol. The summed E-state index contributed by atoms with van der Waals surface area (Å²) in [7, 11) is 5.02. The van der Waals surface area contributed by atoms with E-state index in [-0.39, 0.29) is 0 Å². The molecule has 0 spiro atoms. The highest BCUT2D eigenvalue weighted by Crippen LogP contribution is 2.03. The van der Waals surface area contributed by atoms with Crippen LogP contribution < -0.4 is 5.32 Å². The highest BCUT2D eigenvalue weighted by molar-refractivity contribution is 6.12. The topological polar surface area (TPSA) is 55.7 Å². The van der Waals surface area contributed by atoms with Crippen LogP contribution >= 0.6 is 0 Å². The number of nitrogens with one attached hydrogen (secondary N) is 1. The molecular formula is C5H11BN2O2. The Bertz CT molecular complexity index is 109. The molecule has 0 aromatic heterocycles. The lowest BCUT2D eigenvalue weighted by Crippen LogP contribution is -2.56. The number of hydrogen-bond donors (Lipinski definition) is 3. The van der Waals surface area contributed by atoms with Crippen molar-refractivity contribution in [1.29, 1.82) is 0 Å². The Hall–Kier alpha value is -0.0951. The van der Waals surface area contributed by atoms with Crippen LogP contribution in [0.1, 0.15) is 0 Å². The van der Waals surface area contributed by atoms with Crippen molar-refractivity contribution >= 4 is 7.85 Å². The Labute approximate surface area is 61.2 Å². The fourth-order valence-corrected chi connectivity index (χ4v) is 0.994. The van der Waals surface area contributed by atoms with Gasteiger partial charge in [0.2, 0.25) is 0 Å². The fraction of sp³-hybridized carbons (Fsp3) is 1.00. The van der Waals surface area contributed by atoms with Crippen LogP contribution in [-0.4, -0.2) is 54.9 Å². The predicted molar refractivity (Wildman–Crippen MR) is 37.4 cm³/mol. The molecule has 5 heteroatoms. The van der Waals surface area contributed by atoms with E-state index in [4.69, 9.17) is 18.1 Å². The highest BCUT2D eigenvalue weighted by atomic mass is 16.5. The van der Waals surface area contributed by atoms with Gasteiger partial charge in [0.05, 0.1) is 0 Å². The average molecular weight is 142 g/mol. The van der Waals surface area contributed by atoms with Crippen LogP contribution in [0.3, 0.4) is 0 Å². The van der Waals surface area contributed by atoms with Crippen LogP contribution in [0.15, 0.2) is 0 Å². The van der Waals surface area contributed by atoms with E-state index in [9.17, 15) is 0 Å². The summed E-state index contributed by atoms with van der Waals surface area (Å²) in [5.41, 5.74) is 0. The van der Waals surface area contributed by atoms with Gasteiger partial charge in [0.1, 0.15) is 0 Å². The minimum Gasteiger partial charge on any atom is -0.362 e. The normalized spacial score (nSPS) is 23.0. The van der Waals surface area contributed by atoms with Gasteiger partial charge in [-0.1, -0.05) is 0 Å². The molecule has 0 aliphatic carbocycles. The summed E-state index contributed by atoms with van der Waals surface area (Å²) in [4.78, 5) is 1.41. The standard InChI is InChI=1S/C5H11BN2O2/c6-5(9,10)8-3-1-7-2-4-8/h7,9-10H,1-4H2. The van der Waals surface area contributed by atoms with E-state index in [1.165, 1.54) is 4.90 Å². The molecule has 1 aliphatic heterocycles. The van der Waals surface area contributed by atoms with E-state index >= 15 is 0 Å². The molecular weight excluding hydrogens is 131 g/mol. The van der Waals surface area contributed by atoms with Crippen molar-refractivity contribution in [2.45, 2.75) is 5.81 Å². The van der Waals surface area contributed by atoms with E-state index in [2.05, 4.69) is 5.32 Å². The van der Waals surface area contributed by atoms with Crippen molar-refractivity contribution in [3.05, 3.63) is 0 Å². The van der Waals surface area contributed by atoms with E-state index in [0.717, 1.165) is 13.1 Å². The second-order valence-corrected chi connectivity index (χ2v) is 2.42. The Morgan fingerprint density at radius 3 is 2.10 bits per heavy atom. The van der Waals surface area contributed by atoms with Crippen LogP contribution in [0.2, 0.25) is 0 Å². The maximum Gasteiger partial charge on any atom is 0.178 e. The molecule has 3 N–H and O–H groups in total. The summed E-state index contributed by atoms with van der Waals surface area (Å²) < 4.78 is 0. The van der Waals surface area contributed by atoms with Gasteiger partial charge in [-0.3, -0.25) is 4.90 Å². The first-order valence-electron chi connectivity index (χ1n) is 3.30. The first-order chi connectivity index (χ1) is 4.61. The Balaban J connectivity index is 2.39. The zero-order valence-electron chi connectivity index (χ0n) is 5.75. The van der Waals surface area contributed by atoms with E-state index in [0.29, 0.717) is 13.1 Å². The quantitative estimate of drug-likeness (QED) is 0.283. The van der Waals surface area contributed by atoms with Crippen LogP contribution in [0, 0.1) is 0 Å². The lowest BCUT2D eigenvalue weighted by Gasteiger charge is -2.36. The molecule has 10 heavy (non-hydrogen) atoms. The summed E-state index contributed by atoms with van der Waals surface area (Å²) in [6, 6.07) is 0. The number of aliphatic hydroxyl groups is 2. The maximum atomic E-state index is 8.87. The molecule has 1 saturated heterocycles. The summed E-state index contributed by atoms with van der Waals surface area (Å²) in [5, 5.41) is 20.8. The molecule has 0 aromatic carbocycles. The van der Waals surface area contributed by atoms with Crippen LogP contribution in [0.5, 0.6) is 0 Å². The van der Waals surface area contributed by atoms with E-state index < -0.39 is 5.81 Å². The van der Waals surface area contributed by atoms with Crippen molar-refractivity contribution in [2.24, 2.45) is 0 Å². The highest BCUT2D eigenvalue weighted by Gasteiger charge is 2.25. The fourth-order valence-electron chi connectivity index (χ4n) is 0.994. The minimum atomic E-state index is -2.14. The van der Waals surface area contributed by atoms with Gasteiger partial charge in [0.15, 0.2) is 13.7 Å². The number of rotatable bonds is 1. The van der Waals surface area contributed by atoms with Gasteiger partial charge in [0, 0.05) is 26.2 Å². The molecule has 0 unspecified atom stereocenters. The first kappa shape index (κ1) is 8.01. The third-order valence-electron chi connectivity index (χ3n) is 1.58. The van der Waals surface area contributed by atoms with E-state index in [1.807, 2.05) is 0 Å². The zero-order valence-corrected chi connectivity index (χ0v) is 5.75. The third-order valence-corrected chi connectivity index (χ3v) is 1.58. The van der Waals surface area contributed by atoms with E-state index in [1.54, 1.807) is 0 Å². The predicted octanol–water partition coefficient (Wildman–Crippen LogP) is -2.34. The lowest BCUT2D eigenvalue weighted by atomic mass is 10.0. The molecule has 1 heterocycles. The Kier molecular flexibility index (Phi) is 2.30. The minimum absolute atomic E-state index is 0.573. The molecule has 0 atom stereocenters. The molecule has 0 bridgehead atoms. The second kappa shape index (κ2) is 2.88. The molecule has 56 valence electrons. The summed E-state index contributed by atoms with van der Waals surface area (Å²) >= 11 is 0. The molecule has 1 fully saturated rings. The average Bonchev–Trinajstić information content (AvgIpc) is 1.88. The SMILES string of the molecule is [B]C(O)(O)N1CCNCC1. The number of nitrogens with zero attached hydrogens (tertiary/aromatic N) is 1. The molecule has 1 rings (SSSR count). The second-order valence-electron chi connectivity index (χ2n) is 2.42. The van der Waals surface area contributed by atoms with Crippen molar-refractivity contribution < 1.29 is 10.2 Å². The van der Waals surface area contributed by atoms with Crippen molar-refractivity contribution in [3.8, 4) is 0 Å². The molecule has 0 aromatic rings. The molecule has 4 nitrogen and oxygen atoms in total. The van der Waals surface area contributed by atoms with Crippen molar-refractivity contribution in [2.75, 3.05) is 26.2 Å². The maximum absolute atomic E-state index is 8.87. The van der Waals surface area contributed by atoms with Gasteiger partial charge in [-0.05, 0) is 0 Å². The van der Waals surface area contributed by atoms with Crippen LogP contribution in [0.4, 0.5) is 0 Å². The smallest absolute Gasteiger partial charge is 0.178 e. The van der Waals surface area contributed by atoms with Gasteiger partial charge in [0.25, 0.3) is 0 Å². The van der Waals surface area contributed by atoms with Gasteiger partial charge in [-0.25, -0.2) is 0 Å². The molecule has 2 radical (unpaired) electrons. The van der Waals surface area contributed by atoms with Gasteiger partial charge < -0.3 is 15.5 Å². The van der Waals surface area contributed by atoms with Crippen molar-refractivity contribution in [1.82, 2.24) is 10.2 Å². The summed E-state index contributed by atoms with van der Waals surface area (Å²) in [5.74, 6) is -2.14. The number of hydrogen-bond acceptors (Lipinski definition) is 4. The molecule has 1 aliphatic rings. The Morgan fingerprint density at radius 1 is 1.30 bits per heavy atom. The third kappa shape index (κ3) is 1.95. The zero-order chi connectivity index (χ0) is 7.61. The van der Waals surface area contributed by atoms with Gasteiger partial charge in [-0.2, -0.15) is 0 Å². The first-order valence-corrected chi connectivity index (χ1v) is 3.30.